The number of piperazine rings is 1. The lowest BCUT2D eigenvalue weighted by Crippen LogP contribution is -2.47. The number of H-pyrrole nitrogens is 1. The third kappa shape index (κ3) is 4.34. The van der Waals surface area contributed by atoms with E-state index in [0.29, 0.717) is 23.9 Å². The number of aryl methyl sites for hydroxylation is 2. The van der Waals surface area contributed by atoms with Gasteiger partial charge in [-0.25, -0.2) is 4.68 Å². The first-order valence-electron chi connectivity index (χ1n) is 12.7. The third-order valence-electron chi connectivity index (χ3n) is 7.53. The van der Waals surface area contributed by atoms with Crippen LogP contribution < -0.4 is 20.6 Å². The van der Waals surface area contributed by atoms with Gasteiger partial charge in [0.05, 0.1) is 17.3 Å². The van der Waals surface area contributed by atoms with Crippen LogP contribution in [-0.2, 0) is 13.1 Å². The molecule has 0 amide bonds. The molecule has 0 bridgehead atoms. The minimum atomic E-state index is -0.224. The third-order valence-corrected chi connectivity index (χ3v) is 7.53. The fourth-order valence-electron chi connectivity index (χ4n) is 5.57. The quantitative estimate of drug-likeness (QED) is 0.437. The summed E-state index contributed by atoms with van der Waals surface area (Å²) in [4.78, 5) is 31.3. The average molecular weight is 502 g/mol. The van der Waals surface area contributed by atoms with Gasteiger partial charge in [0.2, 0.25) is 6.79 Å². The van der Waals surface area contributed by atoms with Gasteiger partial charge in [-0.1, -0.05) is 24.3 Å². The summed E-state index contributed by atoms with van der Waals surface area (Å²) in [5, 5.41) is 3.80. The monoisotopic (exact) mass is 501 g/mol. The second-order valence-electron chi connectivity index (χ2n) is 9.79. The molecule has 0 spiro atoms. The van der Waals surface area contributed by atoms with Crippen molar-refractivity contribution in [3.63, 3.8) is 0 Å². The van der Waals surface area contributed by atoms with E-state index in [9.17, 15) is 9.59 Å². The molecular weight excluding hydrogens is 470 g/mol. The summed E-state index contributed by atoms with van der Waals surface area (Å²) in [6.45, 7) is 9.81. The zero-order valence-electron chi connectivity index (χ0n) is 21.2. The Kier molecular flexibility index (Phi) is 6.10. The fraction of sp³-hybridized carbons (Fsp3) is 0.357. The minimum Gasteiger partial charge on any atom is -0.454 e. The Morgan fingerprint density at radius 2 is 1.51 bits per heavy atom. The maximum absolute atomic E-state index is 13.4. The Hall–Kier alpha value is -3.82. The van der Waals surface area contributed by atoms with Gasteiger partial charge in [0.1, 0.15) is 0 Å². The van der Waals surface area contributed by atoms with Gasteiger partial charge in [-0.05, 0) is 43.7 Å². The van der Waals surface area contributed by atoms with Gasteiger partial charge < -0.3 is 14.0 Å². The zero-order valence-corrected chi connectivity index (χ0v) is 21.2. The van der Waals surface area contributed by atoms with Crippen LogP contribution in [0.15, 0.2) is 58.1 Å². The molecule has 1 N–H and O–H groups in total. The normalized spacial score (nSPS) is 16.1. The molecule has 2 aliphatic heterocycles. The summed E-state index contributed by atoms with van der Waals surface area (Å²) in [6, 6.07) is 16.0. The van der Waals surface area contributed by atoms with Crippen LogP contribution in [0.1, 0.15) is 17.0 Å². The summed E-state index contributed by atoms with van der Waals surface area (Å²) in [5.41, 5.74) is 3.36. The van der Waals surface area contributed by atoms with Gasteiger partial charge >= 0.3 is 0 Å². The van der Waals surface area contributed by atoms with E-state index in [1.165, 1.54) is 10.2 Å². The van der Waals surface area contributed by atoms with Crippen LogP contribution in [0, 0.1) is 13.8 Å². The maximum atomic E-state index is 13.4. The topological polar surface area (TPSA) is 84.7 Å². The number of aromatic nitrogens is 3. The molecule has 4 aromatic rings. The van der Waals surface area contributed by atoms with Crippen molar-refractivity contribution in [2.45, 2.75) is 26.9 Å². The molecule has 6 rings (SSSR count). The van der Waals surface area contributed by atoms with Crippen LogP contribution in [0.3, 0.4) is 0 Å². The molecule has 1 fully saturated rings. The summed E-state index contributed by atoms with van der Waals surface area (Å²) in [7, 11) is 0. The number of ether oxygens (including phenoxy) is 2. The Balaban J connectivity index is 1.13. The summed E-state index contributed by atoms with van der Waals surface area (Å²) in [6.07, 6.45) is 0. The zero-order chi connectivity index (χ0) is 25.5. The first-order chi connectivity index (χ1) is 18.0. The average Bonchev–Trinajstić information content (AvgIpc) is 3.48. The van der Waals surface area contributed by atoms with Crippen LogP contribution in [0.2, 0.25) is 0 Å². The first-order valence-corrected chi connectivity index (χ1v) is 12.7. The Morgan fingerprint density at radius 1 is 0.811 bits per heavy atom. The van der Waals surface area contributed by atoms with E-state index in [0.717, 1.165) is 61.3 Å². The molecule has 192 valence electrons. The molecule has 0 atom stereocenters. The number of para-hydroxylation sites is 1. The molecule has 0 aliphatic carbocycles. The number of nitrogens with zero attached hydrogens (tertiary/aromatic N) is 4. The molecule has 2 aliphatic rings. The molecule has 0 unspecified atom stereocenters. The molecule has 2 aromatic carbocycles. The second-order valence-corrected chi connectivity index (χ2v) is 9.79. The summed E-state index contributed by atoms with van der Waals surface area (Å²) < 4.78 is 14.4. The van der Waals surface area contributed by atoms with Crippen molar-refractivity contribution in [1.82, 2.24) is 24.1 Å². The molecule has 1 saturated heterocycles. The molecule has 4 heterocycles. The molecule has 2 aromatic heterocycles. The number of hydrogen-bond donors (Lipinski definition) is 1. The van der Waals surface area contributed by atoms with E-state index in [-0.39, 0.29) is 17.9 Å². The lowest BCUT2D eigenvalue weighted by atomic mass is 10.1. The molecular formula is C28H31N5O4. The van der Waals surface area contributed by atoms with Crippen molar-refractivity contribution in [1.29, 1.82) is 0 Å². The van der Waals surface area contributed by atoms with E-state index in [1.807, 2.05) is 54.8 Å². The van der Waals surface area contributed by atoms with Crippen LogP contribution >= 0.6 is 0 Å². The number of rotatable bonds is 6. The molecule has 0 saturated carbocycles. The van der Waals surface area contributed by atoms with E-state index in [1.54, 1.807) is 0 Å². The van der Waals surface area contributed by atoms with Crippen molar-refractivity contribution in [2.24, 2.45) is 0 Å². The van der Waals surface area contributed by atoms with Gasteiger partial charge in [-0.2, -0.15) is 0 Å². The lowest BCUT2D eigenvalue weighted by Gasteiger charge is -2.34. The van der Waals surface area contributed by atoms with Gasteiger partial charge in [-0.15, -0.1) is 0 Å². The van der Waals surface area contributed by atoms with E-state index < -0.39 is 0 Å². The van der Waals surface area contributed by atoms with Crippen LogP contribution in [-0.4, -0.2) is 63.7 Å². The Bertz CT molecular complexity index is 1560. The van der Waals surface area contributed by atoms with Crippen LogP contribution in [0.5, 0.6) is 11.5 Å². The number of nitrogens with one attached hydrogen (secondary N) is 1. The van der Waals surface area contributed by atoms with E-state index >= 15 is 0 Å². The van der Waals surface area contributed by atoms with Crippen LogP contribution in [0.25, 0.3) is 16.5 Å². The van der Waals surface area contributed by atoms with Crippen LogP contribution in [0.4, 0.5) is 0 Å². The maximum Gasteiger partial charge on any atom is 0.274 e. The van der Waals surface area contributed by atoms with Crippen molar-refractivity contribution >= 4 is 10.8 Å². The first kappa shape index (κ1) is 23.6. The molecule has 9 heteroatoms. The standard InChI is InChI=1S/C28H31N5O4/c1-19-25-26(20(2)33(19)22-6-4-3-5-7-22)28(35)32(29-27(25)34)15-14-30-10-12-31(13-11-30)17-21-8-9-23-24(16-21)37-18-36-23/h3-9,16H,10-15,17-18H2,1-2H3,(H,29,34). The van der Waals surface area contributed by atoms with E-state index in [2.05, 4.69) is 27.0 Å². The van der Waals surface area contributed by atoms with Gasteiger partial charge in [0.25, 0.3) is 11.1 Å². The second kappa shape index (κ2) is 9.57. The van der Waals surface area contributed by atoms with Gasteiger partial charge in [0, 0.05) is 56.3 Å². The number of benzene rings is 2. The number of aromatic amines is 1. The minimum absolute atomic E-state index is 0.147. The van der Waals surface area contributed by atoms with Crippen molar-refractivity contribution in [3.05, 3.63) is 86.2 Å². The summed E-state index contributed by atoms with van der Waals surface area (Å²) >= 11 is 0. The predicted molar refractivity (Wildman–Crippen MR) is 142 cm³/mol. The highest BCUT2D eigenvalue weighted by Gasteiger charge is 2.22. The summed E-state index contributed by atoms with van der Waals surface area (Å²) in [5.74, 6) is 1.62. The number of fused-ring (bicyclic) bond motifs is 2. The SMILES string of the molecule is Cc1c2c(=O)[nH]n(CCN3CCN(Cc4ccc5c(c4)OCO5)CC3)c(=O)c2c(C)n1-c1ccccc1. The van der Waals surface area contributed by atoms with Crippen molar-refractivity contribution in [2.75, 3.05) is 39.5 Å². The highest BCUT2D eigenvalue weighted by Crippen LogP contribution is 2.33. The highest BCUT2D eigenvalue weighted by molar-refractivity contribution is 5.87. The van der Waals surface area contributed by atoms with Crippen molar-refractivity contribution in [3.8, 4) is 17.2 Å². The van der Waals surface area contributed by atoms with Crippen molar-refractivity contribution < 1.29 is 9.47 Å². The molecule has 0 radical (unpaired) electrons. The lowest BCUT2D eigenvalue weighted by molar-refractivity contribution is 0.122. The number of hydrogen-bond acceptors (Lipinski definition) is 6. The smallest absolute Gasteiger partial charge is 0.274 e. The van der Waals surface area contributed by atoms with Gasteiger partial charge in [-0.3, -0.25) is 24.5 Å². The Labute approximate surface area is 214 Å². The largest absolute Gasteiger partial charge is 0.454 e. The highest BCUT2D eigenvalue weighted by atomic mass is 16.7. The predicted octanol–water partition coefficient (Wildman–Crippen LogP) is 2.64. The van der Waals surface area contributed by atoms with Gasteiger partial charge in [0.15, 0.2) is 11.5 Å². The molecule has 37 heavy (non-hydrogen) atoms. The fourth-order valence-corrected chi connectivity index (χ4v) is 5.57. The van der Waals surface area contributed by atoms with E-state index in [4.69, 9.17) is 9.47 Å². The Morgan fingerprint density at radius 3 is 2.30 bits per heavy atom. The molecule has 9 nitrogen and oxygen atoms in total.